The second-order valence-electron chi connectivity index (χ2n) is 8.82. The average Bonchev–Trinajstić information content (AvgIpc) is 3.60. The van der Waals surface area contributed by atoms with E-state index in [1.165, 1.54) is 26.5 Å². The number of rotatable bonds is 2. The number of para-hydroxylation sites is 3. The topological polar surface area (TPSA) is 31.0 Å². The third kappa shape index (κ3) is 2.69. The predicted molar refractivity (Wildman–Crippen MR) is 147 cm³/mol. The number of benzene rings is 5. The largest absolute Gasteiger partial charge is 0.456 e. The highest BCUT2D eigenvalue weighted by atomic mass is 32.1. The molecule has 35 heavy (non-hydrogen) atoms. The maximum Gasteiger partial charge on any atom is 0.137 e. The molecule has 0 saturated heterocycles. The minimum Gasteiger partial charge on any atom is -0.456 e. The van der Waals surface area contributed by atoms with Crippen molar-refractivity contribution in [3.63, 3.8) is 0 Å². The molecule has 0 unspecified atom stereocenters. The fraction of sp³-hybridized carbons (Fsp3) is 0. The SMILES string of the molecule is c1ccc2c(c1)oc1ccc3nc(-c4ccc(-n5c6ccccc6c6ccccc65)cc4)sc3c12. The second kappa shape index (κ2) is 7.05. The first-order chi connectivity index (χ1) is 17.3. The first-order valence-corrected chi connectivity index (χ1v) is 12.5. The second-order valence-corrected chi connectivity index (χ2v) is 9.82. The van der Waals surface area contributed by atoms with Crippen LogP contribution in [-0.4, -0.2) is 9.55 Å². The fourth-order valence-electron chi connectivity index (χ4n) is 5.27. The van der Waals surface area contributed by atoms with Crippen molar-refractivity contribution in [1.29, 1.82) is 0 Å². The van der Waals surface area contributed by atoms with Gasteiger partial charge in [-0.05, 0) is 54.6 Å². The molecule has 0 spiro atoms. The maximum absolute atomic E-state index is 6.08. The predicted octanol–water partition coefficient (Wildman–Crippen LogP) is 8.96. The highest BCUT2D eigenvalue weighted by Crippen LogP contribution is 2.40. The minimum absolute atomic E-state index is 0.913. The lowest BCUT2D eigenvalue weighted by molar-refractivity contribution is 0.669. The van der Waals surface area contributed by atoms with Crippen molar-refractivity contribution in [1.82, 2.24) is 9.55 Å². The average molecular weight is 467 g/mol. The van der Waals surface area contributed by atoms with Gasteiger partial charge in [-0.2, -0.15) is 0 Å². The van der Waals surface area contributed by atoms with Crippen LogP contribution in [0.1, 0.15) is 0 Å². The Morgan fingerprint density at radius 1 is 0.600 bits per heavy atom. The molecule has 0 saturated carbocycles. The van der Waals surface area contributed by atoms with Crippen molar-refractivity contribution < 1.29 is 4.42 Å². The number of hydrogen-bond donors (Lipinski definition) is 0. The van der Waals surface area contributed by atoms with Crippen molar-refractivity contribution in [3.8, 4) is 16.3 Å². The van der Waals surface area contributed by atoms with Crippen LogP contribution < -0.4 is 0 Å². The Kier molecular flexibility index (Phi) is 3.82. The van der Waals surface area contributed by atoms with Crippen LogP contribution in [0.25, 0.3) is 70.2 Å². The standard InChI is InChI=1S/C31H18N2OS/c1-4-10-25-21(7-1)22-8-2-5-11-26(22)33(25)20-15-13-19(14-16-20)31-32-24-17-18-28-29(30(24)35-31)23-9-3-6-12-27(23)34-28/h1-18H. The van der Waals surface area contributed by atoms with E-state index < -0.39 is 0 Å². The molecule has 3 heterocycles. The van der Waals surface area contributed by atoms with E-state index >= 15 is 0 Å². The van der Waals surface area contributed by atoms with E-state index in [4.69, 9.17) is 9.40 Å². The summed E-state index contributed by atoms with van der Waals surface area (Å²) in [7, 11) is 0. The summed E-state index contributed by atoms with van der Waals surface area (Å²) in [5.41, 5.74) is 7.55. The minimum atomic E-state index is 0.913. The Morgan fingerprint density at radius 2 is 1.26 bits per heavy atom. The molecule has 4 heteroatoms. The van der Waals surface area contributed by atoms with Gasteiger partial charge >= 0.3 is 0 Å². The van der Waals surface area contributed by atoms with Crippen LogP contribution in [0.4, 0.5) is 0 Å². The van der Waals surface area contributed by atoms with Crippen LogP contribution >= 0.6 is 11.3 Å². The van der Waals surface area contributed by atoms with Crippen molar-refractivity contribution in [3.05, 3.63) is 109 Å². The Bertz CT molecular complexity index is 2000. The molecule has 0 fully saturated rings. The van der Waals surface area contributed by atoms with E-state index in [0.717, 1.165) is 43.7 Å². The lowest BCUT2D eigenvalue weighted by Gasteiger charge is -2.08. The summed E-state index contributed by atoms with van der Waals surface area (Å²) in [5.74, 6) is 0. The van der Waals surface area contributed by atoms with Gasteiger partial charge in [0.05, 0.1) is 21.3 Å². The number of fused-ring (bicyclic) bond motifs is 8. The van der Waals surface area contributed by atoms with Gasteiger partial charge in [0.15, 0.2) is 0 Å². The van der Waals surface area contributed by atoms with Crippen LogP contribution in [0.5, 0.6) is 0 Å². The molecule has 164 valence electrons. The van der Waals surface area contributed by atoms with E-state index in [1.807, 2.05) is 18.2 Å². The lowest BCUT2D eigenvalue weighted by atomic mass is 10.1. The molecule has 8 rings (SSSR count). The lowest BCUT2D eigenvalue weighted by Crippen LogP contribution is -1.93. The van der Waals surface area contributed by atoms with Crippen LogP contribution in [0.2, 0.25) is 0 Å². The molecule has 0 bridgehead atoms. The molecule has 0 amide bonds. The molecule has 0 radical (unpaired) electrons. The maximum atomic E-state index is 6.08. The zero-order valence-electron chi connectivity index (χ0n) is 18.6. The number of aromatic nitrogens is 2. The van der Waals surface area contributed by atoms with Gasteiger partial charge in [-0.1, -0.05) is 54.6 Å². The summed E-state index contributed by atoms with van der Waals surface area (Å²) < 4.78 is 9.60. The van der Waals surface area contributed by atoms with E-state index in [2.05, 4.69) is 95.6 Å². The summed E-state index contributed by atoms with van der Waals surface area (Å²) in [4.78, 5) is 4.98. The first-order valence-electron chi connectivity index (χ1n) is 11.6. The van der Waals surface area contributed by atoms with Crippen molar-refractivity contribution in [2.45, 2.75) is 0 Å². The summed E-state index contributed by atoms with van der Waals surface area (Å²) in [5, 5.41) is 5.87. The molecule has 0 aliphatic rings. The zero-order valence-corrected chi connectivity index (χ0v) is 19.4. The van der Waals surface area contributed by atoms with Crippen LogP contribution in [0.3, 0.4) is 0 Å². The molecule has 0 aliphatic carbocycles. The van der Waals surface area contributed by atoms with Gasteiger partial charge < -0.3 is 8.98 Å². The summed E-state index contributed by atoms with van der Waals surface area (Å²) in [6, 6.07) is 38.3. The Hall–Kier alpha value is -4.41. The smallest absolute Gasteiger partial charge is 0.137 e. The van der Waals surface area contributed by atoms with E-state index in [-0.39, 0.29) is 0 Å². The van der Waals surface area contributed by atoms with Crippen molar-refractivity contribution >= 4 is 65.3 Å². The Morgan fingerprint density at radius 3 is 2.00 bits per heavy atom. The number of furan rings is 1. The summed E-state index contributed by atoms with van der Waals surface area (Å²) >= 11 is 1.73. The molecular weight excluding hydrogens is 448 g/mol. The van der Waals surface area contributed by atoms with Gasteiger partial charge in [0.1, 0.15) is 16.2 Å². The Balaban J connectivity index is 1.29. The summed E-state index contributed by atoms with van der Waals surface area (Å²) in [6.45, 7) is 0. The third-order valence-corrected chi connectivity index (χ3v) is 7.99. The van der Waals surface area contributed by atoms with Crippen LogP contribution in [-0.2, 0) is 0 Å². The highest BCUT2D eigenvalue weighted by molar-refractivity contribution is 7.22. The monoisotopic (exact) mass is 466 g/mol. The number of nitrogens with zero attached hydrogens (tertiary/aromatic N) is 2. The van der Waals surface area contributed by atoms with Gasteiger partial charge in [-0.3, -0.25) is 0 Å². The van der Waals surface area contributed by atoms with Crippen molar-refractivity contribution in [2.75, 3.05) is 0 Å². The fourth-order valence-corrected chi connectivity index (χ4v) is 6.39. The zero-order chi connectivity index (χ0) is 22.9. The van der Waals surface area contributed by atoms with E-state index in [0.29, 0.717) is 0 Å². The van der Waals surface area contributed by atoms with Gasteiger partial charge in [0.2, 0.25) is 0 Å². The number of thiazole rings is 1. The molecular formula is C31H18N2OS. The van der Waals surface area contributed by atoms with Gasteiger partial charge in [-0.15, -0.1) is 11.3 Å². The van der Waals surface area contributed by atoms with Gasteiger partial charge in [0, 0.05) is 32.8 Å². The molecule has 3 aromatic heterocycles. The quantitative estimate of drug-likeness (QED) is 0.255. The first kappa shape index (κ1) is 19.0. The van der Waals surface area contributed by atoms with Gasteiger partial charge in [0.25, 0.3) is 0 Å². The molecule has 8 aromatic rings. The van der Waals surface area contributed by atoms with Crippen molar-refractivity contribution in [2.24, 2.45) is 0 Å². The highest BCUT2D eigenvalue weighted by Gasteiger charge is 2.15. The van der Waals surface area contributed by atoms with E-state index in [9.17, 15) is 0 Å². The van der Waals surface area contributed by atoms with E-state index in [1.54, 1.807) is 11.3 Å². The molecule has 0 N–H and O–H groups in total. The van der Waals surface area contributed by atoms with Crippen LogP contribution in [0.15, 0.2) is 114 Å². The summed E-state index contributed by atoms with van der Waals surface area (Å²) in [6.07, 6.45) is 0. The number of hydrogen-bond acceptors (Lipinski definition) is 3. The molecule has 0 atom stereocenters. The molecule has 5 aromatic carbocycles. The molecule has 3 nitrogen and oxygen atoms in total. The molecule has 0 aliphatic heterocycles. The van der Waals surface area contributed by atoms with Crippen LogP contribution in [0, 0.1) is 0 Å². The Labute approximate surface area is 204 Å². The van der Waals surface area contributed by atoms with Gasteiger partial charge in [-0.25, -0.2) is 4.98 Å². The normalized spacial score (nSPS) is 12.0. The third-order valence-electron chi connectivity index (χ3n) is 6.85.